The van der Waals surface area contributed by atoms with Crippen LogP contribution in [0.15, 0.2) is 47.1 Å². The third-order valence-corrected chi connectivity index (χ3v) is 4.07. The first-order valence-electron chi connectivity index (χ1n) is 7.92. The summed E-state index contributed by atoms with van der Waals surface area (Å²) in [7, 11) is 3.28. The second-order valence-electron chi connectivity index (χ2n) is 5.92. The molecule has 1 aromatic heterocycles. The Morgan fingerprint density at radius 1 is 1.15 bits per heavy atom. The Morgan fingerprint density at radius 2 is 1.88 bits per heavy atom. The summed E-state index contributed by atoms with van der Waals surface area (Å²) in [6, 6.07) is 9.78. The molecule has 0 aliphatic carbocycles. The minimum Gasteiger partial charge on any atom is -0.340 e. The molecule has 2 aromatic rings. The molecule has 0 aliphatic rings. The van der Waals surface area contributed by atoms with E-state index >= 15 is 0 Å². The Morgan fingerprint density at radius 3 is 2.54 bits per heavy atom. The molecule has 26 heavy (non-hydrogen) atoms. The maximum Gasteiger partial charge on any atom is 0.239 e. The van der Waals surface area contributed by atoms with Crippen LogP contribution in [-0.4, -0.2) is 53.8 Å². The zero-order chi connectivity index (χ0) is 19.1. The minimum atomic E-state index is -0.345. The second-order valence-corrected chi connectivity index (χ2v) is 6.84. The maximum atomic E-state index is 13.7. The van der Waals surface area contributed by atoms with Crippen LogP contribution in [0.5, 0.6) is 0 Å². The van der Waals surface area contributed by atoms with Crippen molar-refractivity contribution in [3.8, 4) is 0 Å². The maximum absolute atomic E-state index is 13.7. The van der Waals surface area contributed by atoms with Gasteiger partial charge in [0.1, 0.15) is 11.6 Å². The van der Waals surface area contributed by atoms with Gasteiger partial charge in [0.25, 0.3) is 0 Å². The predicted octanol–water partition coefficient (Wildman–Crippen LogP) is 2.51. The third-order valence-electron chi connectivity index (χ3n) is 3.60. The zero-order valence-corrected chi connectivity index (χ0v) is 16.2. The van der Waals surface area contributed by atoms with Gasteiger partial charge in [-0.1, -0.05) is 18.2 Å². The van der Waals surface area contributed by atoms with Crippen LogP contribution in [0.4, 0.5) is 10.2 Å². The minimum absolute atomic E-state index is 0.0387. The highest BCUT2D eigenvalue weighted by Crippen LogP contribution is 2.11. The van der Waals surface area contributed by atoms with Gasteiger partial charge in [0.05, 0.1) is 13.1 Å². The summed E-state index contributed by atoms with van der Waals surface area (Å²) in [5, 5.41) is 2.66. The van der Waals surface area contributed by atoms with E-state index < -0.39 is 0 Å². The fourth-order valence-corrected chi connectivity index (χ4v) is 2.49. The predicted molar refractivity (Wildman–Crippen MR) is 101 cm³/mol. The number of aromatic nitrogens is 1. The van der Waals surface area contributed by atoms with Crippen molar-refractivity contribution in [2.45, 2.75) is 6.54 Å². The fourth-order valence-electron chi connectivity index (χ4n) is 2.26. The van der Waals surface area contributed by atoms with E-state index in [2.05, 4.69) is 26.2 Å². The number of nitrogens with one attached hydrogen (secondary N) is 1. The average Bonchev–Trinajstić information content (AvgIpc) is 2.58. The number of halogens is 2. The van der Waals surface area contributed by atoms with Gasteiger partial charge in [-0.2, -0.15) is 0 Å². The molecule has 0 unspecified atom stereocenters. The topological polar surface area (TPSA) is 65.5 Å². The van der Waals surface area contributed by atoms with Crippen LogP contribution in [0.2, 0.25) is 0 Å². The Balaban J connectivity index is 1.81. The molecule has 0 atom stereocenters. The standard InChI is InChI=1S/C18H20BrFN4O2/c1-23(11-17(25)22-16-8-7-14(19)9-21-16)12-18(26)24(2)10-13-5-3-4-6-15(13)20/h3-9H,10-12H2,1-2H3,(H,21,22,25). The lowest BCUT2D eigenvalue weighted by Gasteiger charge is -2.21. The Bertz CT molecular complexity index is 770. The molecule has 0 saturated heterocycles. The summed E-state index contributed by atoms with van der Waals surface area (Å²) >= 11 is 3.27. The van der Waals surface area contributed by atoms with Gasteiger partial charge in [-0.05, 0) is 41.2 Å². The van der Waals surface area contributed by atoms with Gasteiger partial charge < -0.3 is 10.2 Å². The lowest BCUT2D eigenvalue weighted by molar-refractivity contribution is -0.131. The van der Waals surface area contributed by atoms with Crippen LogP contribution in [-0.2, 0) is 16.1 Å². The van der Waals surface area contributed by atoms with Crippen LogP contribution in [0.25, 0.3) is 0 Å². The van der Waals surface area contributed by atoms with Crippen molar-refractivity contribution in [1.29, 1.82) is 0 Å². The van der Waals surface area contributed by atoms with Crippen molar-refractivity contribution >= 4 is 33.6 Å². The van der Waals surface area contributed by atoms with Gasteiger partial charge >= 0.3 is 0 Å². The van der Waals surface area contributed by atoms with Crippen LogP contribution in [0, 0.1) is 5.82 Å². The van der Waals surface area contributed by atoms with Gasteiger partial charge in [0, 0.05) is 29.8 Å². The summed E-state index contributed by atoms with van der Waals surface area (Å²) < 4.78 is 14.5. The summed E-state index contributed by atoms with van der Waals surface area (Å²) in [6.45, 7) is 0.261. The van der Waals surface area contributed by atoms with Crippen molar-refractivity contribution in [3.63, 3.8) is 0 Å². The number of hydrogen-bond donors (Lipinski definition) is 1. The van der Waals surface area contributed by atoms with Crippen LogP contribution in [0.1, 0.15) is 5.56 Å². The monoisotopic (exact) mass is 422 g/mol. The van der Waals surface area contributed by atoms with E-state index in [4.69, 9.17) is 0 Å². The van der Waals surface area contributed by atoms with Crippen molar-refractivity contribution in [3.05, 3.63) is 58.4 Å². The molecule has 6 nitrogen and oxygen atoms in total. The van der Waals surface area contributed by atoms with Gasteiger partial charge in [0.2, 0.25) is 11.8 Å². The molecule has 1 heterocycles. The van der Waals surface area contributed by atoms with E-state index in [1.54, 1.807) is 55.5 Å². The Kier molecular flexibility index (Phi) is 7.23. The lowest BCUT2D eigenvalue weighted by atomic mass is 10.2. The van der Waals surface area contributed by atoms with E-state index in [1.165, 1.54) is 11.0 Å². The number of rotatable bonds is 7. The van der Waals surface area contributed by atoms with Gasteiger partial charge in [0.15, 0.2) is 0 Å². The second kappa shape index (κ2) is 9.40. The Labute approximate surface area is 160 Å². The van der Waals surface area contributed by atoms with Crippen molar-refractivity contribution in [2.24, 2.45) is 0 Å². The first-order chi connectivity index (χ1) is 12.3. The molecule has 1 aromatic carbocycles. The van der Waals surface area contributed by atoms with Crippen LogP contribution in [0.3, 0.4) is 0 Å². The third kappa shape index (κ3) is 6.20. The first kappa shape index (κ1) is 20.0. The summed E-state index contributed by atoms with van der Waals surface area (Å²) in [5.41, 5.74) is 0.449. The van der Waals surface area contributed by atoms with E-state index in [0.29, 0.717) is 11.4 Å². The molecule has 0 aliphatic heterocycles. The zero-order valence-electron chi connectivity index (χ0n) is 14.6. The first-order valence-corrected chi connectivity index (χ1v) is 8.72. The molecule has 138 valence electrons. The quantitative estimate of drug-likeness (QED) is 0.744. The van der Waals surface area contributed by atoms with Gasteiger partial charge in [-0.15, -0.1) is 0 Å². The number of pyridine rings is 1. The largest absolute Gasteiger partial charge is 0.340 e. The molecule has 0 radical (unpaired) electrons. The number of carbonyl (C=O) groups is 2. The van der Waals surface area contributed by atoms with Crippen molar-refractivity contribution < 1.29 is 14.0 Å². The summed E-state index contributed by atoms with van der Waals surface area (Å²) in [4.78, 5) is 31.4. The molecule has 8 heteroatoms. The van der Waals surface area contributed by atoms with Gasteiger partial charge in [-0.25, -0.2) is 9.37 Å². The van der Waals surface area contributed by atoms with Crippen molar-refractivity contribution in [1.82, 2.24) is 14.8 Å². The fraction of sp³-hybridized carbons (Fsp3) is 0.278. The van der Waals surface area contributed by atoms with E-state index in [1.807, 2.05) is 0 Å². The molecule has 0 saturated carbocycles. The molecule has 0 bridgehead atoms. The van der Waals surface area contributed by atoms with E-state index in [-0.39, 0.29) is 37.3 Å². The van der Waals surface area contributed by atoms with Crippen LogP contribution < -0.4 is 5.32 Å². The van der Waals surface area contributed by atoms with Gasteiger partial charge in [-0.3, -0.25) is 14.5 Å². The molecule has 0 spiro atoms. The number of benzene rings is 1. The number of amides is 2. The molecule has 2 rings (SSSR count). The van der Waals surface area contributed by atoms with E-state index in [9.17, 15) is 14.0 Å². The number of hydrogen-bond acceptors (Lipinski definition) is 4. The summed E-state index contributed by atoms with van der Waals surface area (Å²) in [6.07, 6.45) is 1.58. The SMILES string of the molecule is CN(CC(=O)Nc1ccc(Br)cn1)CC(=O)N(C)Cc1ccccc1F. The molecular weight excluding hydrogens is 403 g/mol. The Hall–Kier alpha value is -2.32. The molecular formula is C18H20BrFN4O2. The van der Waals surface area contributed by atoms with Crippen molar-refractivity contribution in [2.75, 3.05) is 32.5 Å². The number of anilines is 1. The molecule has 2 amide bonds. The normalized spacial score (nSPS) is 10.7. The molecule has 0 fully saturated rings. The number of likely N-dealkylation sites (N-methyl/N-ethyl adjacent to an activating group) is 2. The smallest absolute Gasteiger partial charge is 0.239 e. The van der Waals surface area contributed by atoms with Crippen LogP contribution >= 0.6 is 15.9 Å². The highest BCUT2D eigenvalue weighted by molar-refractivity contribution is 9.10. The molecule has 1 N–H and O–H groups in total. The highest BCUT2D eigenvalue weighted by Gasteiger charge is 2.15. The number of carbonyl (C=O) groups excluding carboxylic acids is 2. The van der Waals surface area contributed by atoms with E-state index in [0.717, 1.165) is 4.47 Å². The average molecular weight is 423 g/mol. The number of nitrogens with zero attached hydrogens (tertiary/aromatic N) is 3. The highest BCUT2D eigenvalue weighted by atomic mass is 79.9. The lowest BCUT2D eigenvalue weighted by Crippen LogP contribution is -2.39. The summed E-state index contributed by atoms with van der Waals surface area (Å²) in [5.74, 6) is -0.381.